The summed E-state index contributed by atoms with van der Waals surface area (Å²) in [5, 5.41) is 8.20. The molecule has 0 saturated heterocycles. The van der Waals surface area contributed by atoms with Crippen molar-refractivity contribution in [2.75, 3.05) is 20.1 Å². The summed E-state index contributed by atoms with van der Waals surface area (Å²) in [6.07, 6.45) is 1.75. The average molecular weight is 368 g/mol. The number of likely N-dealkylation sites (N-methyl/N-ethyl adjacent to an activating group) is 2. The molecule has 1 aliphatic rings. The monoisotopic (exact) mass is 367 g/mol. The van der Waals surface area contributed by atoms with Crippen LogP contribution < -0.4 is 10.5 Å². The number of fused-ring (bicyclic) bond motifs is 1. The number of sulfonamides is 2. The minimum absolute atomic E-state index is 0.0521. The summed E-state index contributed by atoms with van der Waals surface area (Å²) < 4.78 is 48.2. The molecule has 2 heterocycles. The third kappa shape index (κ3) is 3.94. The van der Waals surface area contributed by atoms with Crippen LogP contribution in [0.4, 0.5) is 0 Å². The molecular formula is C12H21N3O4S3. The van der Waals surface area contributed by atoms with Gasteiger partial charge >= 0.3 is 0 Å². The molecule has 1 aromatic rings. The maximum absolute atomic E-state index is 12.2. The number of nitrogens with two attached hydrogens (primary N) is 1. The number of hydrogen-bond acceptors (Lipinski definition) is 6. The van der Waals surface area contributed by atoms with Crippen LogP contribution in [0.3, 0.4) is 0 Å². The Bertz CT molecular complexity index is 738. The summed E-state index contributed by atoms with van der Waals surface area (Å²) in [6.45, 7) is 8.07. The highest BCUT2D eigenvalue weighted by Gasteiger charge is 2.37. The lowest BCUT2D eigenvalue weighted by Gasteiger charge is -2.29. The van der Waals surface area contributed by atoms with Crippen LogP contribution in [0.2, 0.25) is 0 Å². The van der Waals surface area contributed by atoms with Crippen molar-refractivity contribution in [2.45, 2.75) is 28.3 Å². The smallest absolute Gasteiger partial charge is 0.252 e. The molecule has 1 aromatic heterocycles. The maximum atomic E-state index is 12.2. The molecule has 10 heteroatoms. The molecule has 0 radical (unpaired) electrons. The fraction of sp³-hybridized carbons (Fsp3) is 0.500. The van der Waals surface area contributed by atoms with E-state index in [0.717, 1.165) is 0 Å². The van der Waals surface area contributed by atoms with Gasteiger partial charge in [-0.3, -0.25) is 0 Å². The van der Waals surface area contributed by atoms with Crippen LogP contribution in [0.5, 0.6) is 0 Å². The van der Waals surface area contributed by atoms with Crippen LogP contribution in [0, 0.1) is 0 Å². The van der Waals surface area contributed by atoms with Crippen LogP contribution in [0.25, 0.3) is 0 Å². The second kappa shape index (κ2) is 7.20. The Balaban J connectivity index is 0.000000745. The zero-order valence-electron chi connectivity index (χ0n) is 12.7. The second-order valence-corrected chi connectivity index (χ2v) is 9.74. The molecule has 0 amide bonds. The third-order valence-corrected chi connectivity index (χ3v) is 7.81. The van der Waals surface area contributed by atoms with Crippen molar-refractivity contribution in [3.8, 4) is 0 Å². The molecule has 3 N–H and O–H groups in total. The van der Waals surface area contributed by atoms with Gasteiger partial charge in [0.05, 0.1) is 0 Å². The predicted molar refractivity (Wildman–Crippen MR) is 87.8 cm³/mol. The zero-order chi connectivity index (χ0) is 17.1. The number of rotatable bonds is 3. The van der Waals surface area contributed by atoms with Gasteiger partial charge in [0, 0.05) is 25.2 Å². The number of allylic oxidation sites excluding steroid dienone is 1. The van der Waals surface area contributed by atoms with Crippen molar-refractivity contribution in [2.24, 2.45) is 5.14 Å². The van der Waals surface area contributed by atoms with Gasteiger partial charge in [-0.15, -0.1) is 17.9 Å². The molecule has 0 fully saturated rings. The number of primary sulfonamides is 1. The van der Waals surface area contributed by atoms with E-state index < -0.39 is 20.0 Å². The van der Waals surface area contributed by atoms with E-state index >= 15 is 0 Å². The molecule has 1 atom stereocenters. The third-order valence-electron chi connectivity index (χ3n) is 2.89. The molecule has 22 heavy (non-hydrogen) atoms. The SMILES string of the molecule is C=CC.CCN[C@H]1CN(C)S(=O)(=O)c2sc(S(N)(=O)=O)cc21. The van der Waals surface area contributed by atoms with Crippen molar-refractivity contribution in [1.29, 1.82) is 0 Å². The second-order valence-electron chi connectivity index (χ2n) is 4.66. The Kier molecular flexibility index (Phi) is 6.30. The van der Waals surface area contributed by atoms with E-state index in [0.29, 0.717) is 23.4 Å². The highest BCUT2D eigenvalue weighted by molar-refractivity contribution is 7.94. The van der Waals surface area contributed by atoms with Crippen LogP contribution in [-0.4, -0.2) is 41.3 Å². The number of thiophene rings is 1. The van der Waals surface area contributed by atoms with E-state index in [4.69, 9.17) is 5.14 Å². The van der Waals surface area contributed by atoms with E-state index in [2.05, 4.69) is 11.9 Å². The van der Waals surface area contributed by atoms with E-state index in [1.165, 1.54) is 17.4 Å². The first-order chi connectivity index (χ1) is 10.1. The quantitative estimate of drug-likeness (QED) is 0.771. The summed E-state index contributed by atoms with van der Waals surface area (Å²) in [5.41, 5.74) is 0.481. The van der Waals surface area contributed by atoms with Gasteiger partial charge in [-0.1, -0.05) is 13.0 Å². The van der Waals surface area contributed by atoms with Crippen LogP contribution >= 0.6 is 11.3 Å². The summed E-state index contributed by atoms with van der Waals surface area (Å²) in [6, 6.07) is 1.13. The van der Waals surface area contributed by atoms with Gasteiger partial charge in [0.1, 0.15) is 8.42 Å². The Morgan fingerprint density at radius 1 is 1.59 bits per heavy atom. The standard InChI is InChI=1S/C9H15N3O4S3.C3H6/c1-3-11-7-5-12(2)19(15,16)9-6(7)4-8(17-9)18(10,13)14;1-3-2/h4,7,11H,3,5H2,1-2H3,(H2,10,13,14);3H,1H2,2H3/t7-;/m0./s1. The number of nitrogens with one attached hydrogen (secondary N) is 1. The van der Waals surface area contributed by atoms with Gasteiger partial charge in [0.25, 0.3) is 10.0 Å². The van der Waals surface area contributed by atoms with Gasteiger partial charge in [0.15, 0.2) is 0 Å². The number of hydrogen-bond donors (Lipinski definition) is 2. The van der Waals surface area contributed by atoms with Crippen LogP contribution in [0.1, 0.15) is 25.5 Å². The fourth-order valence-corrected chi connectivity index (χ4v) is 6.02. The highest BCUT2D eigenvalue weighted by atomic mass is 32.3. The van der Waals surface area contributed by atoms with Gasteiger partial charge in [0.2, 0.25) is 10.0 Å². The lowest BCUT2D eigenvalue weighted by Crippen LogP contribution is -2.40. The largest absolute Gasteiger partial charge is 0.309 e. The molecule has 1 aliphatic heterocycles. The molecule has 7 nitrogen and oxygen atoms in total. The molecule has 0 saturated carbocycles. The molecule has 0 aromatic carbocycles. The molecule has 2 rings (SSSR count). The summed E-state index contributed by atoms with van der Waals surface area (Å²) in [7, 11) is -6.04. The first kappa shape index (κ1) is 19.3. The van der Waals surface area contributed by atoms with Crippen molar-refractivity contribution in [3.05, 3.63) is 24.3 Å². The maximum Gasteiger partial charge on any atom is 0.252 e. The summed E-state index contributed by atoms with van der Waals surface area (Å²) in [4.78, 5) is 0. The van der Waals surface area contributed by atoms with Crippen molar-refractivity contribution in [1.82, 2.24) is 9.62 Å². The Hall–Kier alpha value is -0.780. The van der Waals surface area contributed by atoms with Crippen LogP contribution in [0.15, 0.2) is 27.1 Å². The van der Waals surface area contributed by atoms with E-state index in [1.54, 1.807) is 6.08 Å². The zero-order valence-corrected chi connectivity index (χ0v) is 15.2. The Morgan fingerprint density at radius 2 is 2.14 bits per heavy atom. The fourth-order valence-electron chi connectivity index (χ4n) is 1.97. The predicted octanol–water partition coefficient (Wildman–Crippen LogP) is 0.873. The Morgan fingerprint density at radius 3 is 2.59 bits per heavy atom. The average Bonchev–Trinajstić information content (AvgIpc) is 2.83. The van der Waals surface area contributed by atoms with Gasteiger partial charge < -0.3 is 5.32 Å². The minimum atomic E-state index is -3.90. The molecule has 126 valence electrons. The number of nitrogens with zero attached hydrogens (tertiary/aromatic N) is 1. The minimum Gasteiger partial charge on any atom is -0.309 e. The van der Waals surface area contributed by atoms with Crippen LogP contribution in [-0.2, 0) is 20.0 Å². The normalized spacial score (nSPS) is 20.6. The lowest BCUT2D eigenvalue weighted by atomic mass is 10.1. The van der Waals surface area contributed by atoms with E-state index in [9.17, 15) is 16.8 Å². The summed E-state index contributed by atoms with van der Waals surface area (Å²) >= 11 is 0.700. The topological polar surface area (TPSA) is 110 Å². The molecular weight excluding hydrogens is 346 g/mol. The Labute approximate surface area is 135 Å². The first-order valence-electron chi connectivity index (χ1n) is 6.52. The van der Waals surface area contributed by atoms with E-state index in [1.807, 2.05) is 13.8 Å². The first-order valence-corrected chi connectivity index (χ1v) is 10.3. The van der Waals surface area contributed by atoms with Crippen molar-refractivity contribution >= 4 is 31.4 Å². The molecule has 0 spiro atoms. The van der Waals surface area contributed by atoms with Gasteiger partial charge in [-0.05, 0) is 19.5 Å². The molecule has 0 aliphatic carbocycles. The molecule has 0 unspecified atom stereocenters. The molecule has 0 bridgehead atoms. The van der Waals surface area contributed by atoms with Gasteiger partial charge in [-0.25, -0.2) is 22.0 Å². The van der Waals surface area contributed by atoms with Crippen molar-refractivity contribution < 1.29 is 16.8 Å². The van der Waals surface area contributed by atoms with Gasteiger partial charge in [-0.2, -0.15) is 4.31 Å². The highest BCUT2D eigenvalue weighted by Crippen LogP contribution is 2.39. The summed E-state index contributed by atoms with van der Waals surface area (Å²) in [5.74, 6) is 0. The van der Waals surface area contributed by atoms with E-state index in [-0.39, 0.29) is 21.0 Å². The van der Waals surface area contributed by atoms with Crippen molar-refractivity contribution in [3.63, 3.8) is 0 Å². The lowest BCUT2D eigenvalue weighted by molar-refractivity contribution is 0.385.